The molecule has 146 valence electrons. The maximum absolute atomic E-state index is 13.0. The number of nitrogens with one attached hydrogen (secondary N) is 1. The normalized spacial score (nSPS) is 18.1. The van der Waals surface area contributed by atoms with Gasteiger partial charge in [-0.3, -0.25) is 14.4 Å². The number of fused-ring (bicyclic) bond motifs is 4. The number of likely N-dealkylation sites (N-methyl/N-ethyl adjacent to an activating group) is 1. The molecule has 0 unspecified atom stereocenters. The Balaban J connectivity index is 2.00. The van der Waals surface area contributed by atoms with E-state index in [0.717, 1.165) is 21.9 Å². The summed E-state index contributed by atoms with van der Waals surface area (Å²) in [5.74, 6) is 0.131. The molecule has 2 amide bonds. The highest BCUT2D eigenvalue weighted by Gasteiger charge is 2.25. The van der Waals surface area contributed by atoms with Crippen LogP contribution in [0.4, 0.5) is 0 Å². The Bertz CT molecular complexity index is 878. The number of nitrogens with zero attached hydrogens (tertiary/aromatic N) is 1. The average molecular weight is 380 g/mol. The van der Waals surface area contributed by atoms with Crippen LogP contribution >= 0.6 is 0 Å². The Labute approximate surface area is 164 Å². The quantitative estimate of drug-likeness (QED) is 0.642. The first-order valence-corrected chi connectivity index (χ1v) is 9.20. The van der Waals surface area contributed by atoms with Crippen molar-refractivity contribution in [2.45, 2.75) is 18.9 Å². The molecule has 2 bridgehead atoms. The number of hydrogen-bond donors (Lipinski definition) is 1. The van der Waals surface area contributed by atoms with Crippen LogP contribution in [-0.2, 0) is 9.63 Å². The van der Waals surface area contributed by atoms with E-state index in [1.165, 1.54) is 14.2 Å². The van der Waals surface area contributed by atoms with Crippen molar-refractivity contribution in [2.24, 2.45) is 0 Å². The zero-order chi connectivity index (χ0) is 19.9. The maximum atomic E-state index is 13.0. The molecule has 28 heavy (non-hydrogen) atoms. The fraction of sp³-hybridized carbons (Fsp3) is 0.273. The van der Waals surface area contributed by atoms with Gasteiger partial charge in [-0.25, -0.2) is 5.06 Å². The third-order valence-electron chi connectivity index (χ3n) is 4.60. The van der Waals surface area contributed by atoms with Crippen molar-refractivity contribution in [1.82, 2.24) is 10.4 Å². The Morgan fingerprint density at radius 3 is 2.71 bits per heavy atom. The van der Waals surface area contributed by atoms with Crippen LogP contribution in [0.5, 0.6) is 5.75 Å². The van der Waals surface area contributed by atoms with Gasteiger partial charge in [0.25, 0.3) is 11.8 Å². The number of carbonyl (C=O) groups is 2. The number of rotatable bonds is 2. The summed E-state index contributed by atoms with van der Waals surface area (Å²) in [6.07, 6.45) is 4.90. The van der Waals surface area contributed by atoms with E-state index in [0.29, 0.717) is 25.0 Å². The third-order valence-corrected chi connectivity index (χ3v) is 4.60. The number of amides is 2. The van der Waals surface area contributed by atoms with Gasteiger partial charge in [-0.2, -0.15) is 0 Å². The van der Waals surface area contributed by atoms with Crippen LogP contribution in [0.25, 0.3) is 11.1 Å². The van der Waals surface area contributed by atoms with E-state index < -0.39 is 6.04 Å². The fourth-order valence-corrected chi connectivity index (χ4v) is 3.05. The molecule has 0 fully saturated rings. The molecule has 0 aliphatic carbocycles. The molecule has 6 heteroatoms. The van der Waals surface area contributed by atoms with Gasteiger partial charge >= 0.3 is 0 Å². The molecule has 1 aliphatic rings. The van der Waals surface area contributed by atoms with Gasteiger partial charge in [0.15, 0.2) is 0 Å². The van der Waals surface area contributed by atoms with E-state index in [1.807, 2.05) is 48.6 Å². The standard InChI is InChI=1S/C22H24N2O4/c1-24(27-2)22(26)20-13-4-3-7-14-28-17-10-8-9-16(15-17)18-11-5-6-12-19(18)21(25)23-20/h3-6,8-12,15,20H,7,13-14H2,1-2H3,(H,23,25)/b4-3-/t20-/m0/s1. The number of carbonyl (C=O) groups excluding carboxylic acids is 2. The van der Waals surface area contributed by atoms with Crippen LogP contribution in [0.1, 0.15) is 23.2 Å². The molecule has 6 nitrogen and oxygen atoms in total. The fourth-order valence-electron chi connectivity index (χ4n) is 3.05. The summed E-state index contributed by atoms with van der Waals surface area (Å²) in [7, 11) is 2.94. The Kier molecular flexibility index (Phi) is 6.45. The van der Waals surface area contributed by atoms with E-state index >= 15 is 0 Å². The molecule has 1 aliphatic heterocycles. The Hall–Kier alpha value is -3.12. The summed E-state index contributed by atoms with van der Waals surface area (Å²) >= 11 is 0. The van der Waals surface area contributed by atoms with Crippen molar-refractivity contribution in [1.29, 1.82) is 0 Å². The largest absolute Gasteiger partial charge is 0.493 e. The second-order valence-corrected chi connectivity index (χ2v) is 6.46. The number of ether oxygens (including phenoxy) is 1. The molecule has 2 aromatic rings. The molecule has 2 aromatic carbocycles. The zero-order valence-corrected chi connectivity index (χ0v) is 16.1. The lowest BCUT2D eigenvalue weighted by Crippen LogP contribution is -2.46. The molecule has 3 rings (SSSR count). The lowest BCUT2D eigenvalue weighted by atomic mass is 9.98. The highest BCUT2D eigenvalue weighted by atomic mass is 16.7. The number of hydroxylamine groups is 2. The van der Waals surface area contributed by atoms with Crippen LogP contribution in [-0.4, -0.2) is 43.7 Å². The molecule has 0 spiro atoms. The predicted molar refractivity (Wildman–Crippen MR) is 107 cm³/mol. The zero-order valence-electron chi connectivity index (χ0n) is 16.1. The van der Waals surface area contributed by atoms with Crippen molar-refractivity contribution in [3.63, 3.8) is 0 Å². The smallest absolute Gasteiger partial charge is 0.268 e. The second kappa shape index (κ2) is 9.19. The monoisotopic (exact) mass is 380 g/mol. The average Bonchev–Trinajstić information content (AvgIpc) is 2.73. The summed E-state index contributed by atoms with van der Waals surface area (Å²) in [6, 6.07) is 14.3. The third kappa shape index (κ3) is 4.58. The first-order valence-electron chi connectivity index (χ1n) is 9.20. The van der Waals surface area contributed by atoms with E-state index in [1.54, 1.807) is 12.1 Å². The number of hydrogen-bond acceptors (Lipinski definition) is 4. The summed E-state index contributed by atoms with van der Waals surface area (Å²) in [6.45, 7) is 0.532. The summed E-state index contributed by atoms with van der Waals surface area (Å²) in [5, 5.41) is 3.98. The molecule has 1 heterocycles. The van der Waals surface area contributed by atoms with Gasteiger partial charge in [-0.15, -0.1) is 0 Å². The minimum absolute atomic E-state index is 0.310. The van der Waals surface area contributed by atoms with Gasteiger partial charge in [-0.1, -0.05) is 42.5 Å². The van der Waals surface area contributed by atoms with Crippen molar-refractivity contribution in [3.05, 3.63) is 66.2 Å². The van der Waals surface area contributed by atoms with E-state index in [2.05, 4.69) is 5.32 Å². The Morgan fingerprint density at radius 2 is 1.93 bits per heavy atom. The molecular weight excluding hydrogens is 356 g/mol. The van der Waals surface area contributed by atoms with Gasteiger partial charge in [0.05, 0.1) is 13.7 Å². The van der Waals surface area contributed by atoms with Gasteiger partial charge in [0.1, 0.15) is 11.8 Å². The SMILES string of the molecule is CON(C)C(=O)[C@@H]1C/C=C\CCOc2cccc(c2)-c2ccccc2C(=O)N1. The lowest BCUT2D eigenvalue weighted by Gasteiger charge is -2.22. The maximum Gasteiger partial charge on any atom is 0.268 e. The topological polar surface area (TPSA) is 67.9 Å². The summed E-state index contributed by atoms with van der Waals surface area (Å²) in [5.41, 5.74) is 2.16. The molecule has 1 atom stereocenters. The summed E-state index contributed by atoms with van der Waals surface area (Å²) in [4.78, 5) is 30.6. The highest BCUT2D eigenvalue weighted by Crippen LogP contribution is 2.27. The molecule has 0 radical (unpaired) electrons. The van der Waals surface area contributed by atoms with E-state index in [9.17, 15) is 9.59 Å². The molecule has 0 aromatic heterocycles. The van der Waals surface area contributed by atoms with Crippen LogP contribution in [0.2, 0.25) is 0 Å². The van der Waals surface area contributed by atoms with E-state index in [4.69, 9.17) is 9.57 Å². The minimum Gasteiger partial charge on any atom is -0.493 e. The van der Waals surface area contributed by atoms with E-state index in [-0.39, 0.29) is 11.8 Å². The first kappa shape index (κ1) is 19.6. The van der Waals surface area contributed by atoms with Crippen LogP contribution in [0.15, 0.2) is 60.7 Å². The molecular formula is C22H24N2O4. The van der Waals surface area contributed by atoms with Crippen LogP contribution in [0.3, 0.4) is 0 Å². The summed E-state index contributed by atoms with van der Waals surface area (Å²) < 4.78 is 5.82. The van der Waals surface area contributed by atoms with Gasteiger partial charge < -0.3 is 10.1 Å². The molecule has 0 saturated heterocycles. The minimum atomic E-state index is -0.725. The van der Waals surface area contributed by atoms with Gasteiger partial charge in [-0.05, 0) is 42.2 Å². The predicted octanol–water partition coefficient (Wildman–Crippen LogP) is 3.20. The van der Waals surface area contributed by atoms with Crippen molar-refractivity contribution in [3.8, 4) is 16.9 Å². The molecule has 0 saturated carbocycles. The van der Waals surface area contributed by atoms with Gasteiger partial charge in [0, 0.05) is 12.6 Å². The second-order valence-electron chi connectivity index (χ2n) is 6.46. The van der Waals surface area contributed by atoms with Crippen LogP contribution in [0, 0.1) is 0 Å². The molecule has 1 N–H and O–H groups in total. The van der Waals surface area contributed by atoms with Crippen LogP contribution < -0.4 is 10.1 Å². The van der Waals surface area contributed by atoms with Crippen molar-refractivity contribution in [2.75, 3.05) is 20.8 Å². The van der Waals surface area contributed by atoms with Gasteiger partial charge in [0.2, 0.25) is 0 Å². The Morgan fingerprint density at radius 1 is 1.14 bits per heavy atom. The number of benzene rings is 2. The lowest BCUT2D eigenvalue weighted by molar-refractivity contribution is -0.170. The first-order chi connectivity index (χ1) is 13.6. The van der Waals surface area contributed by atoms with Crippen molar-refractivity contribution >= 4 is 11.8 Å². The van der Waals surface area contributed by atoms with Crippen molar-refractivity contribution < 1.29 is 19.2 Å². The highest BCUT2D eigenvalue weighted by molar-refractivity contribution is 6.02.